The summed E-state index contributed by atoms with van der Waals surface area (Å²) in [6.07, 6.45) is 0.313. The molecule has 0 radical (unpaired) electrons. The fourth-order valence-electron chi connectivity index (χ4n) is 3.86. The van der Waals surface area contributed by atoms with Crippen molar-refractivity contribution in [1.29, 1.82) is 0 Å². The van der Waals surface area contributed by atoms with E-state index < -0.39 is 29.0 Å². The summed E-state index contributed by atoms with van der Waals surface area (Å²) in [7, 11) is 0. The highest BCUT2D eigenvalue weighted by Gasteiger charge is 2.42. The number of nitrogens with zero attached hydrogens (tertiary/aromatic N) is 2. The number of amides is 1. The number of aromatic amines is 1. The minimum Gasteiger partial charge on any atom is -0.492 e. The minimum atomic E-state index is -1.50. The molecule has 1 aromatic carbocycles. The lowest BCUT2D eigenvalue weighted by atomic mass is 9.91. The number of aryl methyl sites for hydroxylation is 1. The fourth-order valence-corrected chi connectivity index (χ4v) is 3.86. The van der Waals surface area contributed by atoms with Crippen molar-refractivity contribution in [1.82, 2.24) is 14.5 Å². The van der Waals surface area contributed by atoms with Gasteiger partial charge in [-0.05, 0) is 32.0 Å². The average molecular weight is 432 g/mol. The SMILES string of the molecule is Cc1cn([C@H]2CN(C(=O)c3cccc(OCCN)c3)C[C@H](O)C[C@]2(C)O)c(=O)[nH]c1=O. The number of aromatic nitrogens is 2. The van der Waals surface area contributed by atoms with E-state index in [1.54, 1.807) is 31.2 Å². The van der Waals surface area contributed by atoms with E-state index in [4.69, 9.17) is 10.5 Å². The molecule has 1 aliphatic rings. The lowest BCUT2D eigenvalue weighted by Crippen LogP contribution is -2.47. The number of aliphatic hydroxyl groups excluding tert-OH is 1. The van der Waals surface area contributed by atoms with E-state index in [-0.39, 0.29) is 25.4 Å². The number of nitrogens with one attached hydrogen (secondary N) is 1. The summed E-state index contributed by atoms with van der Waals surface area (Å²) in [4.78, 5) is 41.1. The molecule has 0 unspecified atom stereocenters. The monoisotopic (exact) mass is 432 g/mol. The molecule has 3 atom stereocenters. The second-order valence-electron chi connectivity index (χ2n) is 8.08. The highest BCUT2D eigenvalue weighted by molar-refractivity contribution is 5.94. The van der Waals surface area contributed by atoms with Crippen LogP contribution in [0.5, 0.6) is 5.75 Å². The van der Waals surface area contributed by atoms with Crippen LogP contribution in [0.25, 0.3) is 0 Å². The quantitative estimate of drug-likeness (QED) is 0.492. The number of aliphatic hydroxyl groups is 2. The zero-order valence-electron chi connectivity index (χ0n) is 17.6. The van der Waals surface area contributed by atoms with Crippen molar-refractivity contribution in [2.45, 2.75) is 38.0 Å². The molecule has 1 saturated heterocycles. The normalized spacial score (nSPS) is 24.0. The van der Waals surface area contributed by atoms with Crippen molar-refractivity contribution < 1.29 is 19.7 Å². The van der Waals surface area contributed by atoms with Gasteiger partial charge in [-0.15, -0.1) is 0 Å². The van der Waals surface area contributed by atoms with Gasteiger partial charge in [0.2, 0.25) is 0 Å². The molecule has 5 N–H and O–H groups in total. The van der Waals surface area contributed by atoms with Gasteiger partial charge in [-0.3, -0.25) is 19.1 Å². The summed E-state index contributed by atoms with van der Waals surface area (Å²) < 4.78 is 6.70. The molecular weight excluding hydrogens is 404 g/mol. The van der Waals surface area contributed by atoms with Crippen LogP contribution in [-0.2, 0) is 0 Å². The van der Waals surface area contributed by atoms with E-state index in [9.17, 15) is 24.6 Å². The standard InChI is InChI=1S/C21H28N4O6/c1-13-10-25(20(29)23-18(13)27)17-12-24(11-15(26)9-21(17,2)30)19(28)14-4-3-5-16(8-14)31-7-6-22/h3-5,8,10,15,17,26,30H,6-7,9,11-12,22H2,1-2H3,(H,23,27,29)/t15-,17+,21+/m1/s1. The summed E-state index contributed by atoms with van der Waals surface area (Å²) in [5, 5.41) is 21.5. The van der Waals surface area contributed by atoms with Crippen molar-refractivity contribution in [3.63, 3.8) is 0 Å². The van der Waals surface area contributed by atoms with Gasteiger partial charge in [0.1, 0.15) is 12.4 Å². The molecule has 0 saturated carbocycles. The summed E-state index contributed by atoms with van der Waals surface area (Å²) in [5.74, 6) is 0.108. The molecule has 0 bridgehead atoms. The molecule has 0 aliphatic carbocycles. The van der Waals surface area contributed by atoms with Crippen LogP contribution in [0.3, 0.4) is 0 Å². The maximum Gasteiger partial charge on any atom is 0.328 e. The first kappa shape index (κ1) is 22.7. The third-order valence-electron chi connectivity index (χ3n) is 5.43. The van der Waals surface area contributed by atoms with Gasteiger partial charge < -0.3 is 25.6 Å². The summed E-state index contributed by atoms with van der Waals surface area (Å²) in [6.45, 7) is 3.63. The van der Waals surface area contributed by atoms with Gasteiger partial charge in [-0.25, -0.2) is 4.79 Å². The molecule has 2 aromatic rings. The van der Waals surface area contributed by atoms with Gasteiger partial charge in [-0.2, -0.15) is 0 Å². The van der Waals surface area contributed by atoms with Gasteiger partial charge in [-0.1, -0.05) is 6.07 Å². The van der Waals surface area contributed by atoms with Crippen LogP contribution < -0.4 is 21.7 Å². The largest absolute Gasteiger partial charge is 0.492 e. The Bertz CT molecular complexity index is 1060. The molecule has 10 nitrogen and oxygen atoms in total. The Balaban J connectivity index is 1.97. The molecule has 1 amide bonds. The van der Waals surface area contributed by atoms with Crippen LogP contribution in [-0.4, -0.2) is 68.5 Å². The van der Waals surface area contributed by atoms with Crippen LogP contribution in [0.2, 0.25) is 0 Å². The summed E-state index contributed by atoms with van der Waals surface area (Å²) >= 11 is 0. The number of nitrogens with two attached hydrogens (primary N) is 1. The van der Waals surface area contributed by atoms with Crippen LogP contribution in [0.4, 0.5) is 0 Å². The van der Waals surface area contributed by atoms with E-state index in [0.717, 1.165) is 0 Å². The van der Waals surface area contributed by atoms with Crippen molar-refractivity contribution in [2.75, 3.05) is 26.2 Å². The Hall–Kier alpha value is -2.95. The smallest absolute Gasteiger partial charge is 0.328 e. The number of β-amino-alcohol motifs (C(OH)–C–C–N with tert-alkyl or cyclic N) is 1. The second-order valence-corrected chi connectivity index (χ2v) is 8.08. The van der Waals surface area contributed by atoms with Crippen LogP contribution in [0.1, 0.15) is 35.3 Å². The number of benzene rings is 1. The maximum atomic E-state index is 13.2. The molecular formula is C21H28N4O6. The molecule has 0 spiro atoms. The Morgan fingerprint density at radius 3 is 2.81 bits per heavy atom. The minimum absolute atomic E-state index is 0.0174. The maximum absolute atomic E-state index is 13.2. The van der Waals surface area contributed by atoms with Crippen molar-refractivity contribution >= 4 is 5.91 Å². The predicted octanol–water partition coefficient (Wildman–Crippen LogP) is -0.618. The number of carbonyl (C=O) groups is 1. The van der Waals surface area contributed by atoms with E-state index in [0.29, 0.717) is 30.0 Å². The Morgan fingerprint density at radius 1 is 1.35 bits per heavy atom. The van der Waals surface area contributed by atoms with Gasteiger partial charge in [0, 0.05) is 43.4 Å². The lowest BCUT2D eigenvalue weighted by Gasteiger charge is -2.34. The number of ether oxygens (including phenoxy) is 1. The fraction of sp³-hybridized carbons (Fsp3) is 0.476. The zero-order chi connectivity index (χ0) is 22.8. The van der Waals surface area contributed by atoms with Gasteiger partial charge >= 0.3 is 5.69 Å². The van der Waals surface area contributed by atoms with Crippen LogP contribution in [0, 0.1) is 6.92 Å². The first-order valence-corrected chi connectivity index (χ1v) is 10.1. The Morgan fingerprint density at radius 2 is 2.10 bits per heavy atom. The van der Waals surface area contributed by atoms with Gasteiger partial charge in [0.15, 0.2) is 0 Å². The molecule has 1 aromatic heterocycles. The predicted molar refractivity (Wildman–Crippen MR) is 113 cm³/mol. The van der Waals surface area contributed by atoms with Gasteiger partial charge in [0.05, 0.1) is 17.7 Å². The molecule has 1 fully saturated rings. The second kappa shape index (κ2) is 9.04. The summed E-state index contributed by atoms with van der Waals surface area (Å²) in [6, 6.07) is 5.71. The number of hydrogen-bond donors (Lipinski definition) is 4. The number of carbonyl (C=O) groups excluding carboxylic acids is 1. The third kappa shape index (κ3) is 5.04. The molecule has 31 heavy (non-hydrogen) atoms. The summed E-state index contributed by atoms with van der Waals surface area (Å²) in [5.41, 5.74) is 3.37. The van der Waals surface area contributed by atoms with Crippen molar-refractivity contribution in [3.8, 4) is 5.75 Å². The number of hydrogen-bond acceptors (Lipinski definition) is 7. The molecule has 168 valence electrons. The van der Waals surface area contributed by atoms with E-state index in [2.05, 4.69) is 4.98 Å². The number of likely N-dealkylation sites (tertiary alicyclic amines) is 1. The average Bonchev–Trinajstić information content (AvgIpc) is 2.83. The molecule has 3 rings (SSSR count). The lowest BCUT2D eigenvalue weighted by molar-refractivity contribution is -0.0240. The first-order chi connectivity index (χ1) is 14.6. The first-order valence-electron chi connectivity index (χ1n) is 10.1. The number of H-pyrrole nitrogens is 1. The van der Waals surface area contributed by atoms with Gasteiger partial charge in [0.25, 0.3) is 11.5 Å². The number of rotatable bonds is 5. The molecule has 1 aliphatic heterocycles. The molecule has 2 heterocycles. The highest BCUT2D eigenvalue weighted by atomic mass is 16.5. The van der Waals surface area contributed by atoms with Crippen LogP contribution in [0.15, 0.2) is 40.1 Å². The van der Waals surface area contributed by atoms with E-state index in [1.165, 1.54) is 22.6 Å². The van der Waals surface area contributed by atoms with Crippen LogP contribution >= 0.6 is 0 Å². The zero-order valence-corrected chi connectivity index (χ0v) is 17.6. The topological polar surface area (TPSA) is 151 Å². The Labute approximate surface area is 178 Å². The third-order valence-corrected chi connectivity index (χ3v) is 5.43. The Kier molecular flexibility index (Phi) is 6.63. The van der Waals surface area contributed by atoms with Crippen molar-refractivity contribution in [3.05, 3.63) is 62.4 Å². The highest BCUT2D eigenvalue weighted by Crippen LogP contribution is 2.31. The van der Waals surface area contributed by atoms with Crippen molar-refractivity contribution in [2.24, 2.45) is 5.73 Å². The van der Waals surface area contributed by atoms with E-state index >= 15 is 0 Å². The molecule has 10 heteroatoms. The van der Waals surface area contributed by atoms with E-state index in [1.807, 2.05) is 0 Å².